The highest BCUT2D eigenvalue weighted by Crippen LogP contribution is 2.22. The summed E-state index contributed by atoms with van der Waals surface area (Å²) < 4.78 is 1.06. The second-order valence-electron chi connectivity index (χ2n) is 5.93. The maximum Gasteiger partial charge on any atom is 0.319 e. The predicted octanol–water partition coefficient (Wildman–Crippen LogP) is 1.97. The molecule has 2 aromatic rings. The number of rotatable bonds is 7. The first-order valence-corrected chi connectivity index (χ1v) is 9.47. The minimum absolute atomic E-state index is 0. The van der Waals surface area contributed by atoms with Crippen molar-refractivity contribution >= 4 is 33.3 Å². The summed E-state index contributed by atoms with van der Waals surface area (Å²) in [5.41, 5.74) is 4.29. The predicted molar refractivity (Wildman–Crippen MR) is 110 cm³/mol. The smallest absolute Gasteiger partial charge is 0.319 e. The topological polar surface area (TPSA) is 44.4 Å². The Morgan fingerprint density at radius 2 is 1.73 bits per heavy atom. The van der Waals surface area contributed by atoms with Crippen LogP contribution in [0.15, 0.2) is 46.9 Å². The van der Waals surface area contributed by atoms with E-state index in [1.54, 1.807) is 0 Å². The van der Waals surface area contributed by atoms with E-state index in [0.29, 0.717) is 6.54 Å². The van der Waals surface area contributed by atoms with Gasteiger partial charge < -0.3 is 27.9 Å². The standard InChI is InChI=1S/C20H26BrN3O.ClH/c1-4-24(5-2)18-10-11-19(15(3)14-18)23-20(25)22-13-12-16-6-8-17(21)9-7-16;/h6-11,14H,4-5,12-13H2,1-3H3,(H2,22,23,25);1H/p-1. The van der Waals surface area contributed by atoms with E-state index in [-0.39, 0.29) is 18.4 Å². The summed E-state index contributed by atoms with van der Waals surface area (Å²) in [7, 11) is 0. The molecule has 0 saturated heterocycles. The van der Waals surface area contributed by atoms with Crippen molar-refractivity contribution in [2.45, 2.75) is 27.2 Å². The summed E-state index contributed by atoms with van der Waals surface area (Å²) in [6.45, 7) is 8.85. The molecule has 2 N–H and O–H groups in total. The normalized spacial score (nSPS) is 10.0. The van der Waals surface area contributed by atoms with Gasteiger partial charge in [-0.15, -0.1) is 0 Å². The number of aryl methyl sites for hydroxylation is 1. The lowest BCUT2D eigenvalue weighted by Gasteiger charge is -2.22. The van der Waals surface area contributed by atoms with Crippen LogP contribution in [-0.2, 0) is 6.42 Å². The van der Waals surface area contributed by atoms with Crippen molar-refractivity contribution in [3.63, 3.8) is 0 Å². The minimum Gasteiger partial charge on any atom is -1.00 e. The Morgan fingerprint density at radius 1 is 1.08 bits per heavy atom. The van der Waals surface area contributed by atoms with Crippen molar-refractivity contribution in [2.75, 3.05) is 29.9 Å². The van der Waals surface area contributed by atoms with Gasteiger partial charge in [-0.1, -0.05) is 28.1 Å². The van der Waals surface area contributed by atoms with Gasteiger partial charge in [-0.2, -0.15) is 0 Å². The number of anilines is 2. The molecule has 0 unspecified atom stereocenters. The van der Waals surface area contributed by atoms with Crippen molar-refractivity contribution in [2.24, 2.45) is 0 Å². The first-order valence-electron chi connectivity index (χ1n) is 8.68. The minimum atomic E-state index is -0.171. The SMILES string of the molecule is CCN(CC)c1ccc(NC(=O)NCCc2ccc(Br)cc2)c(C)c1.[Cl-]. The number of urea groups is 1. The molecular weight excluding hydrogens is 414 g/mol. The van der Waals surface area contributed by atoms with E-state index >= 15 is 0 Å². The number of benzene rings is 2. The molecule has 0 heterocycles. The molecule has 2 amide bonds. The van der Waals surface area contributed by atoms with Gasteiger partial charge in [-0.25, -0.2) is 4.79 Å². The molecular formula is C20H26BrClN3O-. The first-order chi connectivity index (χ1) is 12.0. The maximum atomic E-state index is 12.1. The Bertz CT molecular complexity index is 703. The third-order valence-corrected chi connectivity index (χ3v) is 4.73. The summed E-state index contributed by atoms with van der Waals surface area (Å²) in [4.78, 5) is 14.4. The first kappa shape index (κ1) is 22.3. The summed E-state index contributed by atoms with van der Waals surface area (Å²) in [6, 6.07) is 14.1. The van der Waals surface area contributed by atoms with Crippen LogP contribution in [0.25, 0.3) is 0 Å². The van der Waals surface area contributed by atoms with Gasteiger partial charge in [-0.05, 0) is 68.7 Å². The van der Waals surface area contributed by atoms with Gasteiger partial charge in [0.25, 0.3) is 0 Å². The second kappa shape index (κ2) is 11.1. The number of hydrogen-bond acceptors (Lipinski definition) is 2. The van der Waals surface area contributed by atoms with Crippen LogP contribution in [0.5, 0.6) is 0 Å². The lowest BCUT2D eigenvalue weighted by molar-refractivity contribution is -0.00000828. The fraction of sp³-hybridized carbons (Fsp3) is 0.350. The Morgan fingerprint density at radius 3 is 2.31 bits per heavy atom. The van der Waals surface area contributed by atoms with Gasteiger partial charge in [0.1, 0.15) is 0 Å². The number of nitrogens with zero attached hydrogens (tertiary/aromatic N) is 1. The van der Waals surface area contributed by atoms with Gasteiger partial charge in [-0.3, -0.25) is 0 Å². The van der Waals surface area contributed by atoms with E-state index in [1.165, 1.54) is 11.3 Å². The number of carbonyl (C=O) groups excluding carboxylic acids is 1. The number of nitrogens with one attached hydrogen (secondary N) is 2. The molecule has 0 fully saturated rings. The summed E-state index contributed by atoms with van der Waals surface area (Å²) in [6.07, 6.45) is 0.806. The van der Waals surface area contributed by atoms with Crippen LogP contribution in [0.2, 0.25) is 0 Å². The molecule has 2 rings (SSSR count). The van der Waals surface area contributed by atoms with Crippen molar-refractivity contribution < 1.29 is 17.2 Å². The highest BCUT2D eigenvalue weighted by molar-refractivity contribution is 9.10. The third-order valence-electron chi connectivity index (χ3n) is 4.20. The Kier molecular flexibility index (Phi) is 9.52. The molecule has 6 heteroatoms. The Labute approximate surface area is 170 Å². The van der Waals surface area contributed by atoms with E-state index in [0.717, 1.165) is 35.2 Å². The molecule has 0 aliphatic heterocycles. The summed E-state index contributed by atoms with van der Waals surface area (Å²) >= 11 is 3.42. The largest absolute Gasteiger partial charge is 1.00 e. The molecule has 0 spiro atoms. The molecule has 0 radical (unpaired) electrons. The lowest BCUT2D eigenvalue weighted by Crippen LogP contribution is -3.00. The zero-order valence-electron chi connectivity index (χ0n) is 15.5. The van der Waals surface area contributed by atoms with Crippen LogP contribution in [0, 0.1) is 6.92 Å². The monoisotopic (exact) mass is 438 g/mol. The second-order valence-corrected chi connectivity index (χ2v) is 6.84. The van der Waals surface area contributed by atoms with Gasteiger partial charge >= 0.3 is 6.03 Å². The van der Waals surface area contributed by atoms with E-state index in [9.17, 15) is 4.79 Å². The van der Waals surface area contributed by atoms with E-state index in [4.69, 9.17) is 0 Å². The number of carbonyl (C=O) groups is 1. The van der Waals surface area contributed by atoms with Gasteiger partial charge in [0.05, 0.1) is 0 Å². The zero-order chi connectivity index (χ0) is 18.2. The van der Waals surface area contributed by atoms with Crippen LogP contribution >= 0.6 is 15.9 Å². The molecule has 0 bridgehead atoms. The molecule has 0 atom stereocenters. The fourth-order valence-corrected chi connectivity index (χ4v) is 2.98. The molecule has 0 aromatic heterocycles. The molecule has 0 aliphatic carbocycles. The van der Waals surface area contributed by atoms with E-state index in [2.05, 4.69) is 69.6 Å². The average Bonchev–Trinajstić information content (AvgIpc) is 2.60. The Hall–Kier alpha value is -1.72. The summed E-state index contributed by atoms with van der Waals surface area (Å²) in [5, 5.41) is 5.84. The van der Waals surface area contributed by atoms with Crippen molar-refractivity contribution in [3.05, 3.63) is 58.1 Å². The average molecular weight is 440 g/mol. The van der Waals surface area contributed by atoms with Crippen LogP contribution in [-0.4, -0.2) is 25.7 Å². The number of halogens is 2. The van der Waals surface area contributed by atoms with Crippen molar-refractivity contribution in [3.8, 4) is 0 Å². The third kappa shape index (κ3) is 6.54. The molecule has 26 heavy (non-hydrogen) atoms. The van der Waals surface area contributed by atoms with Gasteiger partial charge in [0.2, 0.25) is 0 Å². The van der Waals surface area contributed by atoms with Crippen LogP contribution in [0.4, 0.5) is 16.2 Å². The highest BCUT2D eigenvalue weighted by Gasteiger charge is 2.07. The number of hydrogen-bond donors (Lipinski definition) is 2. The maximum absolute atomic E-state index is 12.1. The quantitative estimate of drug-likeness (QED) is 0.693. The number of amides is 2. The van der Waals surface area contributed by atoms with Gasteiger partial charge in [0.15, 0.2) is 0 Å². The van der Waals surface area contributed by atoms with Gasteiger partial charge in [0, 0.05) is 35.5 Å². The molecule has 4 nitrogen and oxygen atoms in total. The molecule has 0 aliphatic rings. The van der Waals surface area contributed by atoms with Crippen molar-refractivity contribution in [1.82, 2.24) is 5.32 Å². The van der Waals surface area contributed by atoms with Crippen LogP contribution in [0.3, 0.4) is 0 Å². The van der Waals surface area contributed by atoms with Crippen LogP contribution in [0.1, 0.15) is 25.0 Å². The van der Waals surface area contributed by atoms with Crippen molar-refractivity contribution in [1.29, 1.82) is 0 Å². The highest BCUT2D eigenvalue weighted by atomic mass is 79.9. The molecule has 0 saturated carbocycles. The molecule has 2 aromatic carbocycles. The lowest BCUT2D eigenvalue weighted by atomic mass is 10.1. The van der Waals surface area contributed by atoms with E-state index < -0.39 is 0 Å². The molecule has 142 valence electrons. The summed E-state index contributed by atoms with van der Waals surface area (Å²) in [5.74, 6) is 0. The van der Waals surface area contributed by atoms with E-state index in [1.807, 2.05) is 25.1 Å². The fourth-order valence-electron chi connectivity index (χ4n) is 2.71. The Balaban J connectivity index is 0.00000338. The zero-order valence-corrected chi connectivity index (χ0v) is 17.8. The van der Waals surface area contributed by atoms with Crippen LogP contribution < -0.4 is 27.9 Å².